The number of carbonyl (C=O) groups is 2. The molecule has 0 spiro atoms. The van der Waals surface area contributed by atoms with Crippen LogP contribution in [0.4, 0.5) is 0 Å². The maximum Gasteiger partial charge on any atom is 0.472 e. The zero-order valence-electron chi connectivity index (χ0n) is 48.9. The van der Waals surface area contributed by atoms with E-state index in [1.807, 2.05) is 0 Å². The molecule has 0 fully saturated rings. The first-order valence-electron chi connectivity index (χ1n) is 32.5. The zero-order valence-corrected chi connectivity index (χ0v) is 49.8. The molecule has 0 radical (unpaired) electrons. The number of esters is 2. The van der Waals surface area contributed by atoms with Gasteiger partial charge >= 0.3 is 19.8 Å². The molecule has 0 aromatic heterocycles. The Hall–Kier alpha value is -0.990. The third-order valence-electron chi connectivity index (χ3n) is 15.0. The van der Waals surface area contributed by atoms with Gasteiger partial charge in [-0.15, -0.1) is 0 Å². The van der Waals surface area contributed by atoms with Gasteiger partial charge in [0.1, 0.15) is 6.61 Å². The number of phosphoric acid groups is 1. The predicted octanol–water partition coefficient (Wildman–Crippen LogP) is 20.6. The van der Waals surface area contributed by atoms with Crippen LogP contribution in [0.25, 0.3) is 0 Å². The van der Waals surface area contributed by atoms with E-state index in [4.69, 9.17) is 24.3 Å². The first-order valence-corrected chi connectivity index (χ1v) is 34.0. The highest BCUT2D eigenvalue weighted by atomic mass is 31.2. The monoisotopic (exact) mass is 1060 g/mol. The van der Waals surface area contributed by atoms with Gasteiger partial charge in [-0.05, 0) is 12.8 Å². The molecule has 2 atom stereocenters. The maximum absolute atomic E-state index is 12.7. The molecule has 73 heavy (non-hydrogen) atoms. The van der Waals surface area contributed by atoms with Crippen molar-refractivity contribution < 1.29 is 37.6 Å². The molecular weight excluding hydrogens is 930 g/mol. The number of rotatable bonds is 63. The molecule has 0 amide bonds. The molecule has 0 saturated carbocycles. The fourth-order valence-electron chi connectivity index (χ4n) is 10.2. The van der Waals surface area contributed by atoms with Gasteiger partial charge in [-0.25, -0.2) is 4.57 Å². The lowest BCUT2D eigenvalue weighted by molar-refractivity contribution is -0.161. The Labute approximate surface area is 454 Å². The normalized spacial score (nSPS) is 12.9. The standard InChI is InChI=1S/C63H126NO8P/c1-3-5-7-9-11-13-15-17-18-19-20-21-22-23-24-25-26-27-28-29-30-31-32-33-34-35-36-37-38-39-40-41-42-43-44-46-48-50-52-54-56-63(66)72-61(60-71-73(67,68)70-58-57-64)59-69-62(65)55-53-51-49-47-45-16-14-12-10-8-6-4-2/h61H,3-60,64H2,1-2H3,(H,67,68). The van der Waals surface area contributed by atoms with Crippen LogP contribution in [0.15, 0.2) is 0 Å². The smallest absolute Gasteiger partial charge is 0.462 e. The largest absolute Gasteiger partial charge is 0.472 e. The van der Waals surface area contributed by atoms with Crippen molar-refractivity contribution >= 4 is 19.8 Å². The van der Waals surface area contributed by atoms with Crippen molar-refractivity contribution in [3.8, 4) is 0 Å². The lowest BCUT2D eigenvalue weighted by Gasteiger charge is -2.19. The Balaban J connectivity index is 3.65. The quantitative estimate of drug-likeness (QED) is 0.0347. The molecule has 2 unspecified atom stereocenters. The van der Waals surface area contributed by atoms with Crippen molar-refractivity contribution in [3.05, 3.63) is 0 Å². The van der Waals surface area contributed by atoms with Gasteiger partial charge in [0.2, 0.25) is 0 Å². The summed E-state index contributed by atoms with van der Waals surface area (Å²) in [4.78, 5) is 35.1. The summed E-state index contributed by atoms with van der Waals surface area (Å²) >= 11 is 0. The Kier molecular flexibility index (Phi) is 59.4. The van der Waals surface area contributed by atoms with Crippen LogP contribution in [0.2, 0.25) is 0 Å². The molecule has 0 heterocycles. The minimum absolute atomic E-state index is 0.0584. The topological polar surface area (TPSA) is 134 Å². The van der Waals surface area contributed by atoms with Crippen molar-refractivity contribution in [2.75, 3.05) is 26.4 Å². The summed E-state index contributed by atoms with van der Waals surface area (Å²) in [7, 11) is -4.38. The number of carbonyl (C=O) groups excluding carboxylic acids is 2. The molecule has 0 saturated heterocycles. The molecule has 3 N–H and O–H groups in total. The van der Waals surface area contributed by atoms with Crippen molar-refractivity contribution in [1.29, 1.82) is 0 Å². The zero-order chi connectivity index (χ0) is 53.1. The van der Waals surface area contributed by atoms with Gasteiger partial charge in [-0.1, -0.05) is 335 Å². The SMILES string of the molecule is CCCCCCCCCCCCCCCCCCCCCCCCCCCCCCCCCCCCCCCCCCC(=O)OC(COC(=O)CCCCCCCCCCCCCC)COP(=O)(O)OCCN. The van der Waals surface area contributed by atoms with Crippen molar-refractivity contribution in [2.45, 2.75) is 367 Å². The minimum Gasteiger partial charge on any atom is -0.462 e. The minimum atomic E-state index is -4.38. The van der Waals surface area contributed by atoms with Gasteiger partial charge in [0.05, 0.1) is 13.2 Å². The Morgan fingerprint density at radius 1 is 0.356 bits per heavy atom. The van der Waals surface area contributed by atoms with E-state index >= 15 is 0 Å². The number of hydrogen-bond donors (Lipinski definition) is 2. The molecule has 0 rings (SSSR count). The number of hydrogen-bond acceptors (Lipinski definition) is 8. The van der Waals surface area contributed by atoms with Crippen LogP contribution in [-0.4, -0.2) is 49.3 Å². The van der Waals surface area contributed by atoms with Crippen LogP contribution in [0, 0.1) is 0 Å². The van der Waals surface area contributed by atoms with Crippen LogP contribution in [0.5, 0.6) is 0 Å². The van der Waals surface area contributed by atoms with Crippen LogP contribution in [0.1, 0.15) is 361 Å². The molecule has 0 aromatic rings. The molecule has 0 aliphatic carbocycles. The second kappa shape index (κ2) is 60.2. The van der Waals surface area contributed by atoms with E-state index in [1.165, 1.54) is 295 Å². The number of nitrogens with two attached hydrogens (primary N) is 1. The third-order valence-corrected chi connectivity index (χ3v) is 16.0. The van der Waals surface area contributed by atoms with Gasteiger partial charge in [-0.2, -0.15) is 0 Å². The average molecular weight is 1060 g/mol. The summed E-state index contributed by atoms with van der Waals surface area (Å²) < 4.78 is 33.0. The van der Waals surface area contributed by atoms with E-state index in [0.29, 0.717) is 6.42 Å². The second-order valence-corrected chi connectivity index (χ2v) is 23.8. The maximum atomic E-state index is 12.7. The summed E-state index contributed by atoms with van der Waals surface area (Å²) in [5.41, 5.74) is 5.38. The van der Waals surface area contributed by atoms with E-state index in [9.17, 15) is 19.0 Å². The van der Waals surface area contributed by atoms with Crippen molar-refractivity contribution in [2.24, 2.45) is 5.73 Å². The summed E-state index contributed by atoms with van der Waals surface area (Å²) in [5, 5.41) is 0. The number of ether oxygens (including phenoxy) is 2. The van der Waals surface area contributed by atoms with Gasteiger partial charge < -0.3 is 20.1 Å². The van der Waals surface area contributed by atoms with Gasteiger partial charge in [0.15, 0.2) is 6.10 Å². The van der Waals surface area contributed by atoms with Crippen LogP contribution in [-0.2, 0) is 32.7 Å². The molecular formula is C63H126NO8P. The van der Waals surface area contributed by atoms with Crippen molar-refractivity contribution in [3.63, 3.8) is 0 Å². The van der Waals surface area contributed by atoms with E-state index in [0.717, 1.165) is 32.1 Å². The molecule has 0 aliphatic rings. The highest BCUT2D eigenvalue weighted by Gasteiger charge is 2.26. The molecule has 0 aliphatic heterocycles. The summed E-state index contributed by atoms with van der Waals surface area (Å²) in [6.45, 7) is 3.80. The lowest BCUT2D eigenvalue weighted by Crippen LogP contribution is -2.29. The first-order chi connectivity index (χ1) is 35.8. The number of unbranched alkanes of at least 4 members (excludes halogenated alkanes) is 50. The van der Waals surface area contributed by atoms with Crippen LogP contribution in [0.3, 0.4) is 0 Å². The summed E-state index contributed by atoms with van der Waals surface area (Å²) in [6.07, 6.45) is 69.4. The molecule has 9 nitrogen and oxygen atoms in total. The van der Waals surface area contributed by atoms with Gasteiger partial charge in [-0.3, -0.25) is 18.6 Å². The Morgan fingerprint density at radius 3 is 0.836 bits per heavy atom. The summed E-state index contributed by atoms with van der Waals surface area (Å²) in [5.74, 6) is -0.806. The fourth-order valence-corrected chi connectivity index (χ4v) is 10.9. The highest BCUT2D eigenvalue weighted by Crippen LogP contribution is 2.43. The van der Waals surface area contributed by atoms with Gasteiger partial charge in [0, 0.05) is 19.4 Å². The predicted molar refractivity (Wildman–Crippen MR) is 312 cm³/mol. The Morgan fingerprint density at radius 2 is 0.589 bits per heavy atom. The van der Waals surface area contributed by atoms with E-state index in [-0.39, 0.29) is 38.6 Å². The molecule has 10 heteroatoms. The lowest BCUT2D eigenvalue weighted by atomic mass is 10.0. The first kappa shape index (κ1) is 72.0. The van der Waals surface area contributed by atoms with E-state index in [1.54, 1.807) is 0 Å². The fraction of sp³-hybridized carbons (Fsp3) is 0.968. The second-order valence-electron chi connectivity index (χ2n) is 22.4. The highest BCUT2D eigenvalue weighted by molar-refractivity contribution is 7.47. The van der Waals surface area contributed by atoms with E-state index < -0.39 is 26.5 Å². The number of phosphoric ester groups is 1. The van der Waals surface area contributed by atoms with Crippen LogP contribution < -0.4 is 5.73 Å². The molecule has 0 bridgehead atoms. The van der Waals surface area contributed by atoms with E-state index in [2.05, 4.69) is 13.8 Å². The molecule has 436 valence electrons. The third kappa shape index (κ3) is 60.1. The Bertz CT molecular complexity index is 1160. The van der Waals surface area contributed by atoms with Gasteiger partial charge in [0.25, 0.3) is 0 Å². The average Bonchev–Trinajstić information content (AvgIpc) is 3.38. The van der Waals surface area contributed by atoms with Crippen molar-refractivity contribution in [1.82, 2.24) is 0 Å². The molecule has 0 aromatic carbocycles. The summed E-state index contributed by atoms with van der Waals surface area (Å²) in [6, 6.07) is 0. The van der Waals surface area contributed by atoms with Crippen LogP contribution >= 0.6 is 7.82 Å².